The topological polar surface area (TPSA) is 55.8 Å². The number of methoxy groups -OCH3 is 1. The highest BCUT2D eigenvalue weighted by Gasteiger charge is 2.28. The van der Waals surface area contributed by atoms with Crippen molar-refractivity contribution >= 4 is 18.0 Å². The van der Waals surface area contributed by atoms with Gasteiger partial charge in [-0.25, -0.2) is 9.18 Å². The van der Waals surface area contributed by atoms with E-state index in [1.165, 1.54) is 30.2 Å². The van der Waals surface area contributed by atoms with Gasteiger partial charge in [0.25, 0.3) is 0 Å². The summed E-state index contributed by atoms with van der Waals surface area (Å²) in [6, 6.07) is 5.81. The zero-order chi connectivity index (χ0) is 15.2. The van der Waals surface area contributed by atoms with Gasteiger partial charge in [0.15, 0.2) is 6.10 Å². The molecule has 2 rings (SSSR count). The molecule has 0 aromatic heterocycles. The second-order valence-corrected chi connectivity index (χ2v) is 4.55. The highest BCUT2D eigenvalue weighted by atomic mass is 19.1. The van der Waals surface area contributed by atoms with Crippen LogP contribution in [-0.4, -0.2) is 49.7 Å². The summed E-state index contributed by atoms with van der Waals surface area (Å²) in [5.41, 5.74) is 0.725. The Morgan fingerprint density at radius 3 is 2.76 bits per heavy atom. The normalized spacial score (nSPS) is 18.8. The van der Waals surface area contributed by atoms with Crippen molar-refractivity contribution in [2.45, 2.75) is 6.10 Å². The highest BCUT2D eigenvalue weighted by Crippen LogP contribution is 2.09. The van der Waals surface area contributed by atoms with Crippen molar-refractivity contribution in [3.05, 3.63) is 41.7 Å². The van der Waals surface area contributed by atoms with E-state index in [4.69, 9.17) is 4.74 Å². The molecule has 112 valence electrons. The van der Waals surface area contributed by atoms with Crippen molar-refractivity contribution < 1.29 is 23.5 Å². The first kappa shape index (κ1) is 15.2. The van der Waals surface area contributed by atoms with Crippen LogP contribution in [0.4, 0.5) is 4.39 Å². The van der Waals surface area contributed by atoms with Gasteiger partial charge in [0.1, 0.15) is 5.82 Å². The van der Waals surface area contributed by atoms with E-state index in [-0.39, 0.29) is 24.9 Å². The minimum absolute atomic E-state index is 0.166. The number of hydrogen-bond donors (Lipinski definition) is 0. The molecule has 1 atom stereocenters. The molecule has 0 radical (unpaired) electrons. The van der Waals surface area contributed by atoms with Crippen LogP contribution in [0.3, 0.4) is 0 Å². The first-order chi connectivity index (χ1) is 10.1. The molecule has 1 aliphatic rings. The molecule has 1 saturated heterocycles. The lowest BCUT2D eigenvalue weighted by molar-refractivity contribution is -0.161. The smallest absolute Gasteiger partial charge is 0.336 e. The second kappa shape index (κ2) is 6.99. The van der Waals surface area contributed by atoms with Crippen molar-refractivity contribution in [3.63, 3.8) is 0 Å². The molecule has 1 aliphatic heterocycles. The van der Waals surface area contributed by atoms with Crippen LogP contribution in [0, 0.1) is 5.82 Å². The van der Waals surface area contributed by atoms with Gasteiger partial charge >= 0.3 is 5.97 Å². The Hall–Kier alpha value is -2.21. The number of morpholine rings is 1. The van der Waals surface area contributed by atoms with Gasteiger partial charge in [-0.05, 0) is 23.8 Å². The van der Waals surface area contributed by atoms with Gasteiger partial charge in [-0.1, -0.05) is 12.1 Å². The molecule has 0 saturated carbocycles. The number of carbonyl (C=O) groups excluding carboxylic acids is 2. The first-order valence-electron chi connectivity index (χ1n) is 6.52. The third kappa shape index (κ3) is 4.13. The van der Waals surface area contributed by atoms with E-state index in [0.29, 0.717) is 6.54 Å². The van der Waals surface area contributed by atoms with E-state index in [1.807, 2.05) is 0 Å². The average Bonchev–Trinajstić information content (AvgIpc) is 2.53. The van der Waals surface area contributed by atoms with Gasteiger partial charge in [-0.15, -0.1) is 0 Å². The Bertz CT molecular complexity index is 541. The van der Waals surface area contributed by atoms with E-state index in [1.54, 1.807) is 18.2 Å². The van der Waals surface area contributed by atoms with Crippen molar-refractivity contribution in [1.29, 1.82) is 0 Å². The molecular weight excluding hydrogens is 277 g/mol. The predicted molar refractivity (Wildman–Crippen MR) is 73.8 cm³/mol. The molecule has 0 aliphatic carbocycles. The Morgan fingerprint density at radius 1 is 1.38 bits per heavy atom. The number of nitrogens with zero attached hydrogens (tertiary/aromatic N) is 1. The van der Waals surface area contributed by atoms with Gasteiger partial charge in [0.2, 0.25) is 5.91 Å². The Kier molecular flexibility index (Phi) is 5.05. The van der Waals surface area contributed by atoms with Gasteiger partial charge in [-0.3, -0.25) is 4.79 Å². The van der Waals surface area contributed by atoms with Crippen LogP contribution in [0.25, 0.3) is 6.08 Å². The monoisotopic (exact) mass is 293 g/mol. The van der Waals surface area contributed by atoms with Crippen LogP contribution >= 0.6 is 0 Å². The van der Waals surface area contributed by atoms with E-state index < -0.39 is 12.1 Å². The molecule has 5 nitrogen and oxygen atoms in total. The van der Waals surface area contributed by atoms with Crippen LogP contribution in [-0.2, 0) is 19.1 Å². The largest absolute Gasteiger partial charge is 0.467 e. The molecule has 0 N–H and O–H groups in total. The van der Waals surface area contributed by atoms with Crippen molar-refractivity contribution in [2.75, 3.05) is 26.8 Å². The molecule has 21 heavy (non-hydrogen) atoms. The van der Waals surface area contributed by atoms with E-state index in [0.717, 1.165) is 5.56 Å². The average molecular weight is 293 g/mol. The van der Waals surface area contributed by atoms with Crippen LogP contribution < -0.4 is 0 Å². The molecule has 1 aromatic rings. The number of amides is 1. The molecule has 1 unspecified atom stereocenters. The predicted octanol–water partition coefficient (Wildman–Crippen LogP) is 1.24. The van der Waals surface area contributed by atoms with E-state index >= 15 is 0 Å². The lowest BCUT2D eigenvalue weighted by Crippen LogP contribution is -2.48. The van der Waals surface area contributed by atoms with Crippen LogP contribution in [0.2, 0.25) is 0 Å². The molecule has 1 amide bonds. The van der Waals surface area contributed by atoms with Crippen LogP contribution in [0.5, 0.6) is 0 Å². The van der Waals surface area contributed by atoms with Gasteiger partial charge in [0.05, 0.1) is 20.3 Å². The number of esters is 1. The second-order valence-electron chi connectivity index (χ2n) is 4.55. The SMILES string of the molecule is COC(=O)C1CN(C(=O)/C=C/c2ccc(F)cc2)CCO1. The minimum atomic E-state index is -0.744. The summed E-state index contributed by atoms with van der Waals surface area (Å²) in [6.45, 7) is 0.870. The minimum Gasteiger partial charge on any atom is -0.467 e. The number of ether oxygens (including phenoxy) is 2. The van der Waals surface area contributed by atoms with Crippen molar-refractivity contribution in [3.8, 4) is 0 Å². The van der Waals surface area contributed by atoms with E-state index in [9.17, 15) is 14.0 Å². The van der Waals surface area contributed by atoms with Crippen molar-refractivity contribution in [1.82, 2.24) is 4.90 Å². The summed E-state index contributed by atoms with van der Waals surface area (Å²) in [7, 11) is 1.28. The third-order valence-electron chi connectivity index (χ3n) is 3.13. The Morgan fingerprint density at radius 2 is 2.10 bits per heavy atom. The summed E-state index contributed by atoms with van der Waals surface area (Å²) < 4.78 is 22.6. The summed E-state index contributed by atoms with van der Waals surface area (Å²) in [5.74, 6) is -1.04. The number of rotatable bonds is 3. The quantitative estimate of drug-likeness (QED) is 0.621. The first-order valence-corrected chi connectivity index (χ1v) is 6.52. The maximum absolute atomic E-state index is 12.8. The summed E-state index contributed by atoms with van der Waals surface area (Å²) in [6.07, 6.45) is 2.25. The van der Waals surface area contributed by atoms with Gasteiger partial charge < -0.3 is 14.4 Å². The summed E-state index contributed by atoms with van der Waals surface area (Å²) in [4.78, 5) is 25.0. The van der Waals surface area contributed by atoms with Crippen LogP contribution in [0.15, 0.2) is 30.3 Å². The maximum Gasteiger partial charge on any atom is 0.336 e. The highest BCUT2D eigenvalue weighted by molar-refractivity contribution is 5.92. The molecule has 0 spiro atoms. The maximum atomic E-state index is 12.8. The lowest BCUT2D eigenvalue weighted by Gasteiger charge is -2.30. The molecule has 6 heteroatoms. The standard InChI is InChI=1S/C15H16FNO4/c1-20-15(19)13-10-17(8-9-21-13)14(18)7-4-11-2-5-12(16)6-3-11/h2-7,13H,8-10H2,1H3/b7-4+. The zero-order valence-electron chi connectivity index (χ0n) is 11.6. The number of hydrogen-bond acceptors (Lipinski definition) is 4. The fourth-order valence-corrected chi connectivity index (χ4v) is 1.97. The molecule has 1 heterocycles. The molecule has 0 bridgehead atoms. The van der Waals surface area contributed by atoms with Crippen molar-refractivity contribution in [2.24, 2.45) is 0 Å². The Labute approximate surface area is 121 Å². The van der Waals surface area contributed by atoms with Gasteiger partial charge in [0, 0.05) is 12.6 Å². The summed E-state index contributed by atoms with van der Waals surface area (Å²) >= 11 is 0. The molecular formula is C15H16FNO4. The number of carbonyl (C=O) groups is 2. The molecule has 1 fully saturated rings. The van der Waals surface area contributed by atoms with Crippen LogP contribution in [0.1, 0.15) is 5.56 Å². The van der Waals surface area contributed by atoms with Gasteiger partial charge in [-0.2, -0.15) is 0 Å². The number of halogens is 1. The third-order valence-corrected chi connectivity index (χ3v) is 3.13. The molecule has 1 aromatic carbocycles. The number of benzene rings is 1. The lowest BCUT2D eigenvalue weighted by atomic mass is 10.2. The summed E-state index contributed by atoms with van der Waals surface area (Å²) in [5, 5.41) is 0. The van der Waals surface area contributed by atoms with E-state index in [2.05, 4.69) is 4.74 Å². The Balaban J connectivity index is 1.96. The zero-order valence-corrected chi connectivity index (χ0v) is 11.6. The fourth-order valence-electron chi connectivity index (χ4n) is 1.97. The fraction of sp³-hybridized carbons (Fsp3) is 0.333.